The van der Waals surface area contributed by atoms with Crippen LogP contribution in [0.1, 0.15) is 23.7 Å². The molecule has 2 N–H and O–H groups in total. The molecule has 5 nitrogen and oxygen atoms in total. The van der Waals surface area contributed by atoms with E-state index in [1.54, 1.807) is 30.8 Å². The topological polar surface area (TPSA) is 79.3 Å². The number of sulfonamides is 1. The molecule has 0 aliphatic heterocycles. The van der Waals surface area contributed by atoms with Gasteiger partial charge in [-0.05, 0) is 25.3 Å². The lowest BCUT2D eigenvalue weighted by Crippen LogP contribution is -2.40. The molecule has 0 bridgehead atoms. The van der Waals surface area contributed by atoms with Crippen LogP contribution in [0.2, 0.25) is 0 Å². The van der Waals surface area contributed by atoms with Crippen LogP contribution < -0.4 is 4.72 Å². The van der Waals surface area contributed by atoms with Crippen molar-refractivity contribution in [3.05, 3.63) is 32.9 Å². The van der Waals surface area contributed by atoms with Gasteiger partial charge in [-0.15, -0.1) is 22.7 Å². The van der Waals surface area contributed by atoms with E-state index in [0.29, 0.717) is 9.88 Å². The highest BCUT2D eigenvalue weighted by molar-refractivity contribution is 7.89. The molecule has 0 unspecified atom stereocenters. The number of nitrogens with one attached hydrogen (secondary N) is 1. The van der Waals surface area contributed by atoms with Crippen LogP contribution in [0.4, 0.5) is 0 Å². The Morgan fingerprint density at radius 2 is 2.11 bits per heavy atom. The summed E-state index contributed by atoms with van der Waals surface area (Å²) in [6.07, 6.45) is 1.64. The smallest absolute Gasteiger partial charge is 0.242 e. The van der Waals surface area contributed by atoms with Crippen molar-refractivity contribution in [1.29, 1.82) is 0 Å². The fourth-order valence-corrected chi connectivity index (χ4v) is 5.11. The normalized spacial score (nSPS) is 12.8. The third-order valence-electron chi connectivity index (χ3n) is 2.49. The van der Waals surface area contributed by atoms with E-state index < -0.39 is 15.6 Å². The highest BCUT2D eigenvalue weighted by atomic mass is 32.2. The number of aliphatic hydroxyl groups excluding tert-OH is 1. The minimum Gasteiger partial charge on any atom is -0.391 e. The molecule has 2 aromatic heterocycles. The summed E-state index contributed by atoms with van der Waals surface area (Å²) in [7, 11) is -3.68. The van der Waals surface area contributed by atoms with Crippen molar-refractivity contribution in [3.8, 4) is 0 Å². The van der Waals surface area contributed by atoms with E-state index in [4.69, 9.17) is 5.11 Å². The molecule has 0 radical (unpaired) electrons. The lowest BCUT2D eigenvalue weighted by Gasteiger charge is -2.23. The number of aliphatic hydroxyl groups is 1. The van der Waals surface area contributed by atoms with Gasteiger partial charge in [0, 0.05) is 16.5 Å². The highest BCUT2D eigenvalue weighted by Crippen LogP contribution is 2.27. The van der Waals surface area contributed by atoms with Crippen LogP contribution in [0, 0.1) is 0 Å². The summed E-state index contributed by atoms with van der Waals surface area (Å²) in [5.41, 5.74) is -0.790. The van der Waals surface area contributed by atoms with Gasteiger partial charge in [0.05, 0.1) is 17.0 Å². The Bertz CT molecular complexity index is 645. The average molecular weight is 318 g/mol. The molecule has 2 rings (SSSR count). The first-order valence-corrected chi connectivity index (χ1v) is 8.72. The summed E-state index contributed by atoms with van der Waals surface area (Å²) in [6.45, 7) is 3.23. The molecule has 0 saturated heterocycles. The maximum Gasteiger partial charge on any atom is 0.242 e. The molecule has 0 aliphatic rings. The van der Waals surface area contributed by atoms with Crippen LogP contribution in [-0.2, 0) is 22.2 Å². The van der Waals surface area contributed by atoms with Crippen molar-refractivity contribution in [1.82, 2.24) is 9.71 Å². The third-order valence-corrected chi connectivity index (χ3v) is 6.37. The second-order valence-electron chi connectivity index (χ2n) is 4.43. The molecule has 0 spiro atoms. The van der Waals surface area contributed by atoms with E-state index >= 15 is 0 Å². The van der Waals surface area contributed by atoms with E-state index in [1.165, 1.54) is 28.7 Å². The molecule has 2 heterocycles. The summed E-state index contributed by atoms with van der Waals surface area (Å²) in [4.78, 5) is 4.70. The number of hydrogen-bond donors (Lipinski definition) is 2. The number of thiophene rings is 1. The van der Waals surface area contributed by atoms with Gasteiger partial charge in [0.2, 0.25) is 10.0 Å². The quantitative estimate of drug-likeness (QED) is 0.882. The summed E-state index contributed by atoms with van der Waals surface area (Å²) in [5, 5.41) is 13.3. The molecule has 0 aromatic carbocycles. The van der Waals surface area contributed by atoms with Crippen LogP contribution >= 0.6 is 22.7 Å². The monoisotopic (exact) mass is 318 g/mol. The van der Waals surface area contributed by atoms with Crippen LogP contribution in [0.15, 0.2) is 27.9 Å². The van der Waals surface area contributed by atoms with Crippen LogP contribution in [0.25, 0.3) is 0 Å². The van der Waals surface area contributed by atoms with Gasteiger partial charge in [-0.3, -0.25) is 0 Å². The lowest BCUT2D eigenvalue weighted by atomic mass is 10.1. The standard InChI is InChI=1S/C11H14N2O3S3/c1-11(2,10-12-4-6-18-10)13-19(15,16)9-3-5-17-8(9)7-14/h3-6,13-14H,7H2,1-2H3. The van der Waals surface area contributed by atoms with E-state index in [0.717, 1.165) is 0 Å². The van der Waals surface area contributed by atoms with Gasteiger partial charge in [0.15, 0.2) is 0 Å². The van der Waals surface area contributed by atoms with E-state index in [9.17, 15) is 8.42 Å². The zero-order chi connectivity index (χ0) is 14.1. The van der Waals surface area contributed by atoms with Gasteiger partial charge < -0.3 is 5.11 Å². The van der Waals surface area contributed by atoms with Gasteiger partial charge in [-0.1, -0.05) is 0 Å². The number of thiazole rings is 1. The summed E-state index contributed by atoms with van der Waals surface area (Å²) in [6, 6.07) is 1.50. The average Bonchev–Trinajstić information content (AvgIpc) is 2.99. The van der Waals surface area contributed by atoms with Crippen molar-refractivity contribution in [2.45, 2.75) is 30.9 Å². The second-order valence-corrected chi connectivity index (χ2v) is 7.98. The summed E-state index contributed by atoms with van der Waals surface area (Å²) < 4.78 is 27.3. The predicted molar refractivity (Wildman–Crippen MR) is 75.7 cm³/mol. The van der Waals surface area contributed by atoms with Gasteiger partial charge in [0.25, 0.3) is 0 Å². The van der Waals surface area contributed by atoms with Gasteiger partial charge >= 0.3 is 0 Å². The number of nitrogens with zero attached hydrogens (tertiary/aromatic N) is 1. The fourth-order valence-electron chi connectivity index (χ4n) is 1.65. The Labute approximate surface area is 120 Å². The molecule has 19 heavy (non-hydrogen) atoms. The SMILES string of the molecule is CC(C)(NS(=O)(=O)c1ccsc1CO)c1nccs1. The largest absolute Gasteiger partial charge is 0.391 e. The molecule has 8 heteroatoms. The van der Waals surface area contributed by atoms with Crippen molar-refractivity contribution in [3.63, 3.8) is 0 Å². The molecule has 0 atom stereocenters. The summed E-state index contributed by atoms with van der Waals surface area (Å²) >= 11 is 2.61. The second kappa shape index (κ2) is 5.29. The molecule has 2 aromatic rings. The molecule has 0 aliphatic carbocycles. The predicted octanol–water partition coefficient (Wildman–Crippen LogP) is 1.91. The first-order chi connectivity index (χ1) is 8.87. The van der Waals surface area contributed by atoms with E-state index in [1.807, 2.05) is 0 Å². The van der Waals surface area contributed by atoms with Crippen molar-refractivity contribution < 1.29 is 13.5 Å². The highest BCUT2D eigenvalue weighted by Gasteiger charge is 2.31. The zero-order valence-electron chi connectivity index (χ0n) is 10.5. The lowest BCUT2D eigenvalue weighted by molar-refractivity contribution is 0.282. The molecule has 0 saturated carbocycles. The Morgan fingerprint density at radius 3 is 2.68 bits per heavy atom. The van der Waals surface area contributed by atoms with Crippen molar-refractivity contribution in [2.24, 2.45) is 0 Å². The Hall–Kier alpha value is -0.800. The first kappa shape index (κ1) is 14.6. The van der Waals surface area contributed by atoms with Crippen LogP contribution in [-0.4, -0.2) is 18.5 Å². The summed E-state index contributed by atoms with van der Waals surface area (Å²) in [5.74, 6) is 0. The molecule has 104 valence electrons. The molecule has 0 fully saturated rings. The van der Waals surface area contributed by atoms with E-state index in [-0.39, 0.29) is 11.5 Å². The zero-order valence-corrected chi connectivity index (χ0v) is 12.9. The Kier molecular flexibility index (Phi) is 4.07. The first-order valence-electron chi connectivity index (χ1n) is 5.48. The van der Waals surface area contributed by atoms with Crippen molar-refractivity contribution in [2.75, 3.05) is 0 Å². The minimum absolute atomic E-state index is 0.129. The molecular formula is C11H14N2O3S3. The van der Waals surface area contributed by atoms with Crippen LogP contribution in [0.5, 0.6) is 0 Å². The van der Waals surface area contributed by atoms with Gasteiger partial charge in [-0.2, -0.15) is 4.72 Å². The van der Waals surface area contributed by atoms with E-state index in [2.05, 4.69) is 9.71 Å². The number of aromatic nitrogens is 1. The molecular weight excluding hydrogens is 304 g/mol. The van der Waals surface area contributed by atoms with Gasteiger partial charge in [-0.25, -0.2) is 13.4 Å². The van der Waals surface area contributed by atoms with Gasteiger partial charge in [0.1, 0.15) is 5.01 Å². The Morgan fingerprint density at radius 1 is 1.37 bits per heavy atom. The third kappa shape index (κ3) is 3.03. The maximum absolute atomic E-state index is 12.3. The maximum atomic E-state index is 12.3. The number of rotatable bonds is 5. The number of hydrogen-bond acceptors (Lipinski definition) is 6. The van der Waals surface area contributed by atoms with Crippen LogP contribution in [0.3, 0.4) is 0 Å². The van der Waals surface area contributed by atoms with Crippen molar-refractivity contribution >= 4 is 32.7 Å². The Balaban J connectivity index is 2.32. The fraction of sp³-hybridized carbons (Fsp3) is 0.364. The minimum atomic E-state index is -3.68. The molecule has 0 amide bonds.